The summed E-state index contributed by atoms with van der Waals surface area (Å²) in [7, 11) is 0. The topological polar surface area (TPSA) is 49.2 Å². The van der Waals surface area contributed by atoms with E-state index in [0.717, 1.165) is 30.2 Å². The molecule has 0 amide bonds. The molecular weight excluding hydrogens is 202 g/mol. The number of aryl methyl sites for hydroxylation is 2. The first-order chi connectivity index (χ1) is 7.56. The van der Waals surface area contributed by atoms with E-state index >= 15 is 0 Å². The van der Waals surface area contributed by atoms with Gasteiger partial charge in [0.1, 0.15) is 0 Å². The van der Waals surface area contributed by atoms with E-state index in [4.69, 9.17) is 5.11 Å². The fourth-order valence-electron chi connectivity index (χ4n) is 1.65. The van der Waals surface area contributed by atoms with E-state index in [9.17, 15) is 0 Å². The van der Waals surface area contributed by atoms with Gasteiger partial charge in [-0.15, -0.1) is 0 Å². The fraction of sp³-hybridized carbons (Fsp3) is 0.667. The normalized spacial score (nSPS) is 10.9. The number of anilines is 1. The third-order valence-electron chi connectivity index (χ3n) is 2.50. The summed E-state index contributed by atoms with van der Waals surface area (Å²) in [5, 5.41) is 8.91. The van der Waals surface area contributed by atoms with Crippen LogP contribution in [0.3, 0.4) is 0 Å². The molecule has 0 fully saturated rings. The average molecular weight is 223 g/mol. The molecule has 0 aromatic carbocycles. The van der Waals surface area contributed by atoms with Crippen molar-refractivity contribution in [1.29, 1.82) is 0 Å². The largest absolute Gasteiger partial charge is 0.396 e. The van der Waals surface area contributed by atoms with Gasteiger partial charge in [-0.1, -0.05) is 0 Å². The molecular formula is C12H21N3O. The molecule has 1 heterocycles. The lowest BCUT2D eigenvalue weighted by Crippen LogP contribution is -2.34. The van der Waals surface area contributed by atoms with Crippen LogP contribution in [0.4, 0.5) is 5.82 Å². The number of hydrogen-bond donors (Lipinski definition) is 1. The first-order valence-corrected chi connectivity index (χ1v) is 5.74. The molecule has 0 unspecified atom stereocenters. The van der Waals surface area contributed by atoms with Crippen LogP contribution >= 0.6 is 0 Å². The number of aliphatic hydroxyl groups is 1. The molecule has 0 saturated carbocycles. The molecule has 90 valence electrons. The van der Waals surface area contributed by atoms with E-state index in [2.05, 4.69) is 28.7 Å². The number of hydrogen-bond acceptors (Lipinski definition) is 4. The predicted molar refractivity (Wildman–Crippen MR) is 65.7 cm³/mol. The van der Waals surface area contributed by atoms with Crippen LogP contribution in [0.1, 0.15) is 31.7 Å². The molecule has 1 aromatic heterocycles. The van der Waals surface area contributed by atoms with Gasteiger partial charge in [0.25, 0.3) is 0 Å². The standard InChI is InChI=1S/C12H21N3O/c1-9(2)15(6-5-7-16)12-11(4)13-8-10(3)14-12/h8-9,16H,5-7H2,1-4H3. The summed E-state index contributed by atoms with van der Waals surface area (Å²) in [5.41, 5.74) is 1.87. The molecule has 0 aliphatic rings. The van der Waals surface area contributed by atoms with Crippen molar-refractivity contribution in [2.45, 2.75) is 40.2 Å². The van der Waals surface area contributed by atoms with Gasteiger partial charge in [-0.05, 0) is 34.1 Å². The van der Waals surface area contributed by atoms with E-state index in [1.807, 2.05) is 13.8 Å². The summed E-state index contributed by atoms with van der Waals surface area (Å²) in [6.07, 6.45) is 2.54. The molecule has 16 heavy (non-hydrogen) atoms. The van der Waals surface area contributed by atoms with Gasteiger partial charge in [0.05, 0.1) is 11.4 Å². The molecule has 1 aromatic rings. The Labute approximate surface area is 97.3 Å². The third-order valence-corrected chi connectivity index (χ3v) is 2.50. The van der Waals surface area contributed by atoms with Crippen LogP contribution < -0.4 is 4.90 Å². The van der Waals surface area contributed by atoms with E-state index < -0.39 is 0 Å². The van der Waals surface area contributed by atoms with Crippen LogP contribution in [0, 0.1) is 13.8 Å². The second kappa shape index (κ2) is 5.80. The Morgan fingerprint density at radius 3 is 2.62 bits per heavy atom. The molecule has 0 bridgehead atoms. The highest BCUT2D eigenvalue weighted by atomic mass is 16.3. The van der Waals surface area contributed by atoms with Crippen molar-refractivity contribution in [3.8, 4) is 0 Å². The number of aromatic nitrogens is 2. The van der Waals surface area contributed by atoms with Gasteiger partial charge in [0, 0.05) is 25.4 Å². The fourth-order valence-corrected chi connectivity index (χ4v) is 1.65. The monoisotopic (exact) mass is 223 g/mol. The van der Waals surface area contributed by atoms with E-state index in [-0.39, 0.29) is 6.61 Å². The van der Waals surface area contributed by atoms with Gasteiger partial charge in [0.2, 0.25) is 0 Å². The maximum absolute atomic E-state index is 8.91. The van der Waals surface area contributed by atoms with Crippen molar-refractivity contribution < 1.29 is 5.11 Å². The zero-order valence-electron chi connectivity index (χ0n) is 10.6. The molecule has 4 heteroatoms. The smallest absolute Gasteiger partial charge is 0.150 e. The Bertz CT molecular complexity index is 339. The quantitative estimate of drug-likeness (QED) is 0.825. The van der Waals surface area contributed by atoms with Crippen molar-refractivity contribution in [2.75, 3.05) is 18.1 Å². The van der Waals surface area contributed by atoms with Crippen LogP contribution in [0.15, 0.2) is 6.20 Å². The van der Waals surface area contributed by atoms with Gasteiger partial charge in [-0.3, -0.25) is 4.98 Å². The molecule has 4 nitrogen and oxygen atoms in total. The maximum Gasteiger partial charge on any atom is 0.150 e. The summed E-state index contributed by atoms with van der Waals surface area (Å²) in [6, 6.07) is 0.362. The van der Waals surface area contributed by atoms with Crippen LogP contribution in [0.5, 0.6) is 0 Å². The Kier molecular flexibility index (Phi) is 4.68. The lowest BCUT2D eigenvalue weighted by atomic mass is 10.2. The summed E-state index contributed by atoms with van der Waals surface area (Å²) in [5.74, 6) is 0.934. The highest BCUT2D eigenvalue weighted by molar-refractivity contribution is 5.44. The molecule has 1 rings (SSSR count). The van der Waals surface area contributed by atoms with Crippen molar-refractivity contribution in [2.24, 2.45) is 0 Å². The maximum atomic E-state index is 8.91. The van der Waals surface area contributed by atoms with Gasteiger partial charge in [0.15, 0.2) is 5.82 Å². The Morgan fingerprint density at radius 2 is 2.06 bits per heavy atom. The number of aliphatic hydroxyl groups excluding tert-OH is 1. The SMILES string of the molecule is Cc1cnc(C)c(N(CCCO)C(C)C)n1. The first-order valence-electron chi connectivity index (χ1n) is 5.74. The third kappa shape index (κ3) is 3.17. The van der Waals surface area contributed by atoms with Crippen molar-refractivity contribution in [1.82, 2.24) is 9.97 Å². The molecule has 0 atom stereocenters. The minimum Gasteiger partial charge on any atom is -0.396 e. The van der Waals surface area contributed by atoms with E-state index in [1.165, 1.54) is 0 Å². The minimum atomic E-state index is 0.210. The highest BCUT2D eigenvalue weighted by Crippen LogP contribution is 2.18. The lowest BCUT2D eigenvalue weighted by molar-refractivity contribution is 0.288. The summed E-state index contributed by atoms with van der Waals surface area (Å²) >= 11 is 0. The lowest BCUT2D eigenvalue weighted by Gasteiger charge is -2.28. The van der Waals surface area contributed by atoms with Crippen LogP contribution in [0.25, 0.3) is 0 Å². The molecule has 1 N–H and O–H groups in total. The molecule has 0 aliphatic heterocycles. The Morgan fingerprint density at radius 1 is 1.38 bits per heavy atom. The van der Waals surface area contributed by atoms with Crippen LogP contribution in [-0.2, 0) is 0 Å². The van der Waals surface area contributed by atoms with Crippen LogP contribution in [-0.4, -0.2) is 34.3 Å². The van der Waals surface area contributed by atoms with E-state index in [0.29, 0.717) is 6.04 Å². The Hall–Kier alpha value is -1.16. The summed E-state index contributed by atoms with van der Waals surface area (Å²) in [6.45, 7) is 9.19. The number of rotatable bonds is 5. The van der Waals surface area contributed by atoms with Crippen molar-refractivity contribution in [3.63, 3.8) is 0 Å². The zero-order chi connectivity index (χ0) is 12.1. The molecule has 0 spiro atoms. The van der Waals surface area contributed by atoms with E-state index in [1.54, 1.807) is 6.20 Å². The average Bonchev–Trinajstić information content (AvgIpc) is 2.23. The second-order valence-corrected chi connectivity index (χ2v) is 4.28. The molecule has 0 saturated heterocycles. The predicted octanol–water partition coefficient (Wildman–Crippen LogP) is 1.69. The summed E-state index contributed by atoms with van der Waals surface area (Å²) < 4.78 is 0. The van der Waals surface area contributed by atoms with Crippen LogP contribution in [0.2, 0.25) is 0 Å². The molecule has 0 aliphatic carbocycles. The van der Waals surface area contributed by atoms with Gasteiger partial charge < -0.3 is 10.0 Å². The zero-order valence-corrected chi connectivity index (χ0v) is 10.6. The minimum absolute atomic E-state index is 0.210. The highest BCUT2D eigenvalue weighted by Gasteiger charge is 2.14. The second-order valence-electron chi connectivity index (χ2n) is 4.28. The van der Waals surface area contributed by atoms with Gasteiger partial charge in [-0.25, -0.2) is 4.98 Å². The van der Waals surface area contributed by atoms with Gasteiger partial charge >= 0.3 is 0 Å². The van der Waals surface area contributed by atoms with Gasteiger partial charge in [-0.2, -0.15) is 0 Å². The Balaban J connectivity index is 2.95. The summed E-state index contributed by atoms with van der Waals surface area (Å²) in [4.78, 5) is 11.0. The first kappa shape index (κ1) is 12.9. The van der Waals surface area contributed by atoms with Crippen molar-refractivity contribution in [3.05, 3.63) is 17.6 Å². The molecule has 0 radical (unpaired) electrons. The van der Waals surface area contributed by atoms with Crippen molar-refractivity contribution >= 4 is 5.82 Å². The number of nitrogens with zero attached hydrogens (tertiary/aromatic N) is 3.